The minimum absolute atomic E-state index is 0.174. The highest BCUT2D eigenvalue weighted by Gasteiger charge is 2.13. The third-order valence-electron chi connectivity index (χ3n) is 3.68. The molecule has 7 nitrogen and oxygen atoms in total. The van der Waals surface area contributed by atoms with Crippen molar-refractivity contribution in [2.45, 2.75) is 11.6 Å². The Hall–Kier alpha value is -2.32. The van der Waals surface area contributed by atoms with Gasteiger partial charge in [-0.2, -0.15) is 0 Å². The standard InChI is InChI=1S/C16H17ClN6OS/c1-22-8-4-5-11(22)9-13-20-21-16(23(13)2)25-10-14(24)19-12-6-3-7-18-15(12)17/h3-8H,9-10H2,1-2H3,(H,19,24). The topological polar surface area (TPSA) is 77.6 Å². The van der Waals surface area contributed by atoms with E-state index in [-0.39, 0.29) is 16.8 Å². The fourth-order valence-electron chi connectivity index (χ4n) is 2.26. The second-order valence-corrected chi connectivity index (χ2v) is 6.72. The van der Waals surface area contributed by atoms with E-state index in [0.29, 0.717) is 17.3 Å². The third-order valence-corrected chi connectivity index (χ3v) is 5.00. The molecule has 0 saturated carbocycles. The summed E-state index contributed by atoms with van der Waals surface area (Å²) in [6, 6.07) is 7.47. The zero-order chi connectivity index (χ0) is 17.8. The van der Waals surface area contributed by atoms with E-state index in [1.165, 1.54) is 11.8 Å². The summed E-state index contributed by atoms with van der Waals surface area (Å²) in [4.78, 5) is 16.0. The zero-order valence-corrected chi connectivity index (χ0v) is 15.4. The molecular formula is C16H17ClN6OS. The SMILES string of the molecule is Cn1cccc1Cc1nnc(SCC(=O)Nc2cccnc2Cl)n1C. The Balaban J connectivity index is 1.59. The van der Waals surface area contributed by atoms with Gasteiger partial charge in [-0.3, -0.25) is 4.79 Å². The van der Waals surface area contributed by atoms with Crippen LogP contribution in [0.2, 0.25) is 5.15 Å². The number of hydrogen-bond donors (Lipinski definition) is 1. The predicted molar refractivity (Wildman–Crippen MR) is 97.8 cm³/mol. The summed E-state index contributed by atoms with van der Waals surface area (Å²) >= 11 is 7.26. The first-order chi connectivity index (χ1) is 12.0. The summed E-state index contributed by atoms with van der Waals surface area (Å²) in [5.41, 5.74) is 1.65. The van der Waals surface area contributed by atoms with Gasteiger partial charge in [-0.25, -0.2) is 4.98 Å². The molecule has 3 heterocycles. The van der Waals surface area contributed by atoms with Gasteiger partial charge in [-0.05, 0) is 24.3 Å². The molecule has 25 heavy (non-hydrogen) atoms. The second kappa shape index (κ2) is 7.71. The van der Waals surface area contributed by atoms with E-state index >= 15 is 0 Å². The summed E-state index contributed by atoms with van der Waals surface area (Å²) in [6.45, 7) is 0. The van der Waals surface area contributed by atoms with Crippen molar-refractivity contribution in [3.63, 3.8) is 0 Å². The van der Waals surface area contributed by atoms with Crippen molar-refractivity contribution in [2.75, 3.05) is 11.1 Å². The molecule has 3 aromatic heterocycles. The van der Waals surface area contributed by atoms with Gasteiger partial charge in [0.1, 0.15) is 5.82 Å². The molecule has 0 fully saturated rings. The maximum absolute atomic E-state index is 12.1. The van der Waals surface area contributed by atoms with Crippen molar-refractivity contribution < 1.29 is 4.79 Å². The number of hydrogen-bond acceptors (Lipinski definition) is 5. The lowest BCUT2D eigenvalue weighted by molar-refractivity contribution is -0.113. The van der Waals surface area contributed by atoms with Crippen molar-refractivity contribution in [1.82, 2.24) is 24.3 Å². The lowest BCUT2D eigenvalue weighted by Gasteiger charge is -2.07. The van der Waals surface area contributed by atoms with Crippen molar-refractivity contribution >= 4 is 35.0 Å². The predicted octanol–water partition coefficient (Wildman–Crippen LogP) is 2.52. The number of carbonyl (C=O) groups is 1. The highest BCUT2D eigenvalue weighted by Crippen LogP contribution is 2.20. The summed E-state index contributed by atoms with van der Waals surface area (Å²) in [6.07, 6.45) is 4.25. The van der Waals surface area contributed by atoms with Crippen LogP contribution in [0, 0.1) is 0 Å². The van der Waals surface area contributed by atoms with Crippen LogP contribution in [-0.2, 0) is 25.3 Å². The van der Waals surface area contributed by atoms with Crippen LogP contribution in [-0.4, -0.2) is 36.0 Å². The molecule has 0 aliphatic heterocycles. The van der Waals surface area contributed by atoms with Gasteiger partial charge >= 0.3 is 0 Å². The molecule has 0 aliphatic rings. The molecular weight excluding hydrogens is 360 g/mol. The largest absolute Gasteiger partial charge is 0.354 e. The van der Waals surface area contributed by atoms with Crippen LogP contribution in [0.3, 0.4) is 0 Å². The van der Waals surface area contributed by atoms with Crippen LogP contribution in [0.15, 0.2) is 41.8 Å². The summed E-state index contributed by atoms with van der Waals surface area (Å²) in [5, 5.41) is 12.1. The number of amides is 1. The maximum Gasteiger partial charge on any atom is 0.234 e. The van der Waals surface area contributed by atoms with E-state index in [0.717, 1.165) is 11.5 Å². The van der Waals surface area contributed by atoms with Crippen LogP contribution >= 0.6 is 23.4 Å². The molecule has 0 aromatic carbocycles. The minimum Gasteiger partial charge on any atom is -0.354 e. The fourth-order valence-corrected chi connectivity index (χ4v) is 3.16. The average Bonchev–Trinajstić information content (AvgIpc) is 3.15. The van der Waals surface area contributed by atoms with E-state index in [2.05, 4.69) is 20.5 Å². The van der Waals surface area contributed by atoms with Crippen LogP contribution in [0.4, 0.5) is 5.69 Å². The molecule has 0 spiro atoms. The Morgan fingerprint density at radius 2 is 2.12 bits per heavy atom. The number of aromatic nitrogens is 5. The molecule has 0 aliphatic carbocycles. The first kappa shape index (κ1) is 17.5. The van der Waals surface area contributed by atoms with E-state index in [1.54, 1.807) is 18.3 Å². The molecule has 0 unspecified atom stereocenters. The maximum atomic E-state index is 12.1. The van der Waals surface area contributed by atoms with Crippen molar-refractivity contribution in [1.29, 1.82) is 0 Å². The number of rotatable bonds is 6. The number of halogens is 1. The summed E-state index contributed by atoms with van der Waals surface area (Å²) in [7, 11) is 3.89. The molecule has 130 valence electrons. The van der Waals surface area contributed by atoms with E-state index < -0.39 is 0 Å². The molecule has 1 amide bonds. The molecule has 0 saturated heterocycles. The van der Waals surface area contributed by atoms with E-state index in [4.69, 9.17) is 11.6 Å². The average molecular weight is 377 g/mol. The number of nitrogens with one attached hydrogen (secondary N) is 1. The van der Waals surface area contributed by atoms with Crippen LogP contribution in [0.1, 0.15) is 11.5 Å². The van der Waals surface area contributed by atoms with Crippen molar-refractivity contribution in [2.24, 2.45) is 14.1 Å². The van der Waals surface area contributed by atoms with Crippen LogP contribution in [0.25, 0.3) is 0 Å². The Morgan fingerprint density at radius 3 is 2.84 bits per heavy atom. The van der Waals surface area contributed by atoms with Crippen LogP contribution < -0.4 is 5.32 Å². The summed E-state index contributed by atoms with van der Waals surface area (Å²) < 4.78 is 3.95. The minimum atomic E-state index is -0.174. The highest BCUT2D eigenvalue weighted by molar-refractivity contribution is 7.99. The van der Waals surface area contributed by atoms with Gasteiger partial charge in [-0.1, -0.05) is 23.4 Å². The highest BCUT2D eigenvalue weighted by atomic mass is 35.5. The lowest BCUT2D eigenvalue weighted by atomic mass is 10.3. The zero-order valence-electron chi connectivity index (χ0n) is 13.8. The Kier molecular flexibility index (Phi) is 5.40. The number of nitrogens with zero attached hydrogens (tertiary/aromatic N) is 5. The van der Waals surface area contributed by atoms with Gasteiger partial charge in [0.2, 0.25) is 5.91 Å². The smallest absolute Gasteiger partial charge is 0.234 e. The van der Waals surface area contributed by atoms with Crippen molar-refractivity contribution in [3.8, 4) is 0 Å². The first-order valence-corrected chi connectivity index (χ1v) is 8.92. The van der Waals surface area contributed by atoms with Crippen molar-refractivity contribution in [3.05, 3.63) is 53.3 Å². The Bertz CT molecular complexity index is 890. The van der Waals surface area contributed by atoms with Crippen LogP contribution in [0.5, 0.6) is 0 Å². The fraction of sp³-hybridized carbons (Fsp3) is 0.250. The molecule has 0 bridgehead atoms. The molecule has 3 rings (SSSR count). The second-order valence-electron chi connectivity index (χ2n) is 5.42. The Labute approximate surface area is 154 Å². The molecule has 3 aromatic rings. The number of anilines is 1. The number of aryl methyl sites for hydroxylation is 1. The number of thioether (sulfide) groups is 1. The molecule has 1 N–H and O–H groups in total. The molecule has 0 radical (unpaired) electrons. The molecule has 9 heteroatoms. The monoisotopic (exact) mass is 376 g/mol. The van der Waals surface area contributed by atoms with E-state index in [9.17, 15) is 4.79 Å². The normalized spacial score (nSPS) is 10.8. The summed E-state index contributed by atoms with van der Waals surface area (Å²) in [5.74, 6) is 0.883. The quantitative estimate of drug-likeness (QED) is 0.528. The number of pyridine rings is 1. The van der Waals surface area contributed by atoms with Gasteiger partial charge in [0.25, 0.3) is 0 Å². The number of carbonyl (C=O) groups excluding carboxylic acids is 1. The van der Waals surface area contributed by atoms with E-state index in [1.807, 2.05) is 41.6 Å². The third kappa shape index (κ3) is 4.21. The van der Waals surface area contributed by atoms with Gasteiger partial charge in [0.05, 0.1) is 11.4 Å². The molecule has 0 atom stereocenters. The van der Waals surface area contributed by atoms with Gasteiger partial charge in [0.15, 0.2) is 10.3 Å². The Morgan fingerprint density at radius 1 is 1.28 bits per heavy atom. The first-order valence-electron chi connectivity index (χ1n) is 7.56. The lowest BCUT2D eigenvalue weighted by Crippen LogP contribution is -2.15. The van der Waals surface area contributed by atoms with Gasteiger partial charge < -0.3 is 14.5 Å². The van der Waals surface area contributed by atoms with Gasteiger partial charge in [-0.15, -0.1) is 10.2 Å². The van der Waals surface area contributed by atoms with Gasteiger partial charge in [0, 0.05) is 38.6 Å².